The fourth-order valence-corrected chi connectivity index (χ4v) is 4.50. The maximum atomic E-state index is 12.6. The molecule has 3 atom stereocenters. The molecule has 114 valence electrons. The van der Waals surface area contributed by atoms with E-state index >= 15 is 0 Å². The Bertz CT molecular complexity index is 379. The van der Waals surface area contributed by atoms with E-state index in [0.717, 1.165) is 51.6 Å². The van der Waals surface area contributed by atoms with Crippen molar-refractivity contribution in [1.82, 2.24) is 10.6 Å². The van der Waals surface area contributed by atoms with E-state index in [4.69, 9.17) is 0 Å². The summed E-state index contributed by atoms with van der Waals surface area (Å²) in [5, 5.41) is 16.4. The van der Waals surface area contributed by atoms with Crippen LogP contribution in [0.3, 0.4) is 0 Å². The Hall–Kier alpha value is -0.610. The third-order valence-electron chi connectivity index (χ3n) is 5.89. The van der Waals surface area contributed by atoms with E-state index < -0.39 is 0 Å². The number of hydrogen-bond donors (Lipinski definition) is 3. The number of aliphatic hydroxyl groups excluding tert-OH is 1. The molecule has 4 nitrogen and oxygen atoms in total. The average molecular weight is 280 g/mol. The lowest BCUT2D eigenvalue weighted by Gasteiger charge is -2.39. The number of hydrogen-bond acceptors (Lipinski definition) is 3. The molecule has 0 aromatic heterocycles. The molecule has 20 heavy (non-hydrogen) atoms. The van der Waals surface area contributed by atoms with Gasteiger partial charge in [-0.3, -0.25) is 4.79 Å². The molecule has 1 saturated heterocycles. The molecule has 3 fully saturated rings. The van der Waals surface area contributed by atoms with E-state index in [2.05, 4.69) is 17.6 Å². The molecular weight excluding hydrogens is 252 g/mol. The second-order valence-corrected chi connectivity index (χ2v) is 7.50. The van der Waals surface area contributed by atoms with E-state index in [0.29, 0.717) is 5.92 Å². The smallest absolute Gasteiger partial charge is 0.224 e. The van der Waals surface area contributed by atoms with Gasteiger partial charge in [-0.2, -0.15) is 0 Å². The molecule has 1 amide bonds. The zero-order chi connectivity index (χ0) is 14.2. The van der Waals surface area contributed by atoms with E-state index in [1.165, 1.54) is 6.42 Å². The van der Waals surface area contributed by atoms with Crippen molar-refractivity contribution >= 4 is 5.91 Å². The highest BCUT2D eigenvalue weighted by Crippen LogP contribution is 2.58. The van der Waals surface area contributed by atoms with Crippen LogP contribution in [0.4, 0.5) is 0 Å². The molecule has 3 aliphatic rings. The van der Waals surface area contributed by atoms with Crippen LogP contribution < -0.4 is 10.6 Å². The quantitative estimate of drug-likeness (QED) is 0.733. The molecule has 3 unspecified atom stereocenters. The molecule has 1 heterocycles. The minimum Gasteiger partial charge on any atom is -0.394 e. The fraction of sp³-hybridized carbons (Fsp3) is 0.938. The van der Waals surface area contributed by atoms with Crippen LogP contribution in [0, 0.1) is 17.3 Å². The average Bonchev–Trinajstić information content (AvgIpc) is 3.13. The Balaban J connectivity index is 1.61. The summed E-state index contributed by atoms with van der Waals surface area (Å²) < 4.78 is 0. The number of aliphatic hydroxyl groups is 1. The Morgan fingerprint density at radius 1 is 1.30 bits per heavy atom. The highest BCUT2D eigenvalue weighted by molar-refractivity contribution is 5.83. The van der Waals surface area contributed by atoms with Crippen molar-refractivity contribution in [2.75, 3.05) is 19.7 Å². The van der Waals surface area contributed by atoms with Crippen LogP contribution in [-0.2, 0) is 4.79 Å². The van der Waals surface area contributed by atoms with Gasteiger partial charge in [0.15, 0.2) is 0 Å². The maximum Gasteiger partial charge on any atom is 0.224 e. The lowest BCUT2D eigenvalue weighted by atomic mass is 9.76. The third-order valence-corrected chi connectivity index (χ3v) is 5.89. The first-order valence-electron chi connectivity index (χ1n) is 8.23. The van der Waals surface area contributed by atoms with E-state index in [-0.39, 0.29) is 29.4 Å². The van der Waals surface area contributed by atoms with Crippen LogP contribution in [0.1, 0.15) is 51.9 Å². The predicted octanol–water partition coefficient (Wildman–Crippen LogP) is 1.43. The number of nitrogens with one attached hydrogen (secondary N) is 2. The number of rotatable bonds is 3. The van der Waals surface area contributed by atoms with E-state index in [1.807, 2.05) is 0 Å². The van der Waals surface area contributed by atoms with Crippen LogP contribution in [-0.4, -0.2) is 36.2 Å². The van der Waals surface area contributed by atoms with Crippen LogP contribution in [0.5, 0.6) is 0 Å². The minimum absolute atomic E-state index is 0.0877. The molecule has 1 aliphatic heterocycles. The van der Waals surface area contributed by atoms with E-state index in [1.54, 1.807) is 0 Å². The standard InChI is InChI=1S/C16H28N2O2/c1-12-3-2-4-16(9-12,11-19)18-14(20)13-10-15(13)5-7-17-8-6-15/h12-13,17,19H,2-11H2,1H3,(H,18,20). The number of piperidine rings is 1. The topological polar surface area (TPSA) is 61.4 Å². The van der Waals surface area contributed by atoms with Gasteiger partial charge in [0.05, 0.1) is 12.1 Å². The summed E-state index contributed by atoms with van der Waals surface area (Å²) in [4.78, 5) is 12.6. The summed E-state index contributed by atoms with van der Waals surface area (Å²) in [6.07, 6.45) is 7.51. The predicted molar refractivity (Wildman–Crippen MR) is 78.2 cm³/mol. The number of carbonyl (C=O) groups excluding carboxylic acids is 1. The molecule has 2 aliphatic carbocycles. The summed E-state index contributed by atoms with van der Waals surface area (Å²) in [5.74, 6) is 1.00. The van der Waals surface area contributed by atoms with Gasteiger partial charge in [0.2, 0.25) is 5.91 Å². The van der Waals surface area contributed by atoms with Gasteiger partial charge in [0.1, 0.15) is 0 Å². The van der Waals surface area contributed by atoms with Gasteiger partial charge < -0.3 is 15.7 Å². The monoisotopic (exact) mass is 280 g/mol. The van der Waals surface area contributed by atoms with Crippen molar-refractivity contribution in [1.29, 1.82) is 0 Å². The Kier molecular flexibility index (Phi) is 3.80. The van der Waals surface area contributed by atoms with Gasteiger partial charge in [0.25, 0.3) is 0 Å². The lowest BCUT2D eigenvalue weighted by Crippen LogP contribution is -2.54. The summed E-state index contributed by atoms with van der Waals surface area (Å²) >= 11 is 0. The Labute approximate surface area is 121 Å². The first kappa shape index (κ1) is 14.3. The highest BCUT2D eigenvalue weighted by atomic mass is 16.3. The second kappa shape index (κ2) is 5.30. The summed E-state index contributed by atoms with van der Waals surface area (Å²) in [6, 6.07) is 0. The van der Waals surface area contributed by atoms with Gasteiger partial charge in [-0.1, -0.05) is 19.8 Å². The normalized spacial score (nSPS) is 39.5. The molecule has 3 N–H and O–H groups in total. The molecule has 2 saturated carbocycles. The summed E-state index contributed by atoms with van der Waals surface area (Å²) in [6.45, 7) is 4.41. The number of amides is 1. The van der Waals surface area contributed by atoms with Crippen LogP contribution in [0.2, 0.25) is 0 Å². The van der Waals surface area contributed by atoms with E-state index in [9.17, 15) is 9.90 Å². The summed E-state index contributed by atoms with van der Waals surface area (Å²) in [7, 11) is 0. The van der Waals surface area contributed by atoms with Crippen molar-refractivity contribution in [3.63, 3.8) is 0 Å². The minimum atomic E-state index is -0.342. The summed E-state index contributed by atoms with van der Waals surface area (Å²) in [5.41, 5.74) is -0.0578. The first-order valence-corrected chi connectivity index (χ1v) is 8.23. The third kappa shape index (κ3) is 2.60. The highest BCUT2D eigenvalue weighted by Gasteiger charge is 2.58. The first-order chi connectivity index (χ1) is 9.59. The molecule has 4 heteroatoms. The van der Waals surface area contributed by atoms with Gasteiger partial charge in [0, 0.05) is 5.92 Å². The molecule has 3 rings (SSSR count). The van der Waals surface area contributed by atoms with Crippen LogP contribution in [0.25, 0.3) is 0 Å². The zero-order valence-electron chi connectivity index (χ0n) is 12.6. The Morgan fingerprint density at radius 2 is 2.05 bits per heavy atom. The van der Waals surface area contributed by atoms with Gasteiger partial charge in [-0.05, 0) is 56.5 Å². The van der Waals surface area contributed by atoms with Crippen molar-refractivity contribution in [3.8, 4) is 0 Å². The molecular formula is C16H28N2O2. The van der Waals surface area contributed by atoms with Crippen LogP contribution >= 0.6 is 0 Å². The molecule has 0 radical (unpaired) electrons. The van der Waals surface area contributed by atoms with Crippen molar-refractivity contribution < 1.29 is 9.90 Å². The van der Waals surface area contributed by atoms with Gasteiger partial charge in [-0.15, -0.1) is 0 Å². The van der Waals surface area contributed by atoms with Gasteiger partial charge >= 0.3 is 0 Å². The zero-order valence-corrected chi connectivity index (χ0v) is 12.6. The van der Waals surface area contributed by atoms with Gasteiger partial charge in [-0.25, -0.2) is 0 Å². The molecule has 0 aromatic rings. The van der Waals surface area contributed by atoms with Crippen molar-refractivity contribution in [2.24, 2.45) is 17.3 Å². The molecule has 1 spiro atoms. The van der Waals surface area contributed by atoms with Crippen LogP contribution in [0.15, 0.2) is 0 Å². The Morgan fingerprint density at radius 3 is 2.70 bits per heavy atom. The number of carbonyl (C=O) groups is 1. The van der Waals surface area contributed by atoms with Crippen molar-refractivity contribution in [3.05, 3.63) is 0 Å². The van der Waals surface area contributed by atoms with Crippen molar-refractivity contribution in [2.45, 2.75) is 57.4 Å². The molecule has 0 bridgehead atoms. The maximum absolute atomic E-state index is 12.6. The fourth-order valence-electron chi connectivity index (χ4n) is 4.50. The largest absolute Gasteiger partial charge is 0.394 e. The lowest BCUT2D eigenvalue weighted by molar-refractivity contribution is -0.126. The second-order valence-electron chi connectivity index (χ2n) is 7.50. The SMILES string of the molecule is CC1CCCC(CO)(NC(=O)C2CC23CCNCC3)C1. The molecule has 0 aromatic carbocycles.